The molecule has 1 aromatic carbocycles. The SMILES string of the molecule is CCc1nc(-c2[nH]ncc2Cl)n(C(C)c2ccc(Cl)cc2)n1. The van der Waals surface area contributed by atoms with Crippen molar-refractivity contribution in [2.45, 2.75) is 26.3 Å². The van der Waals surface area contributed by atoms with Crippen LogP contribution in [0.4, 0.5) is 0 Å². The summed E-state index contributed by atoms with van der Waals surface area (Å²) in [5, 5.41) is 12.7. The molecule has 0 spiro atoms. The summed E-state index contributed by atoms with van der Waals surface area (Å²) in [6.07, 6.45) is 2.31. The maximum Gasteiger partial charge on any atom is 0.178 e. The Morgan fingerprint density at radius 1 is 1.23 bits per heavy atom. The maximum absolute atomic E-state index is 6.18. The minimum absolute atomic E-state index is 0.000525. The molecule has 1 N–H and O–H groups in total. The van der Waals surface area contributed by atoms with Crippen molar-refractivity contribution in [3.05, 3.63) is 51.9 Å². The van der Waals surface area contributed by atoms with Crippen LogP contribution in [0.3, 0.4) is 0 Å². The van der Waals surface area contributed by atoms with E-state index >= 15 is 0 Å². The highest BCUT2D eigenvalue weighted by molar-refractivity contribution is 6.32. The molecule has 3 aromatic rings. The number of rotatable bonds is 4. The van der Waals surface area contributed by atoms with Crippen LogP contribution in [-0.2, 0) is 6.42 Å². The van der Waals surface area contributed by atoms with E-state index < -0.39 is 0 Å². The summed E-state index contributed by atoms with van der Waals surface area (Å²) in [4.78, 5) is 4.57. The van der Waals surface area contributed by atoms with Gasteiger partial charge in [0.25, 0.3) is 0 Å². The zero-order valence-electron chi connectivity index (χ0n) is 12.2. The number of nitrogens with zero attached hydrogens (tertiary/aromatic N) is 4. The monoisotopic (exact) mass is 335 g/mol. The summed E-state index contributed by atoms with van der Waals surface area (Å²) in [6, 6.07) is 7.71. The average molecular weight is 336 g/mol. The Kier molecular flexibility index (Phi) is 4.18. The van der Waals surface area contributed by atoms with E-state index in [0.717, 1.165) is 17.8 Å². The average Bonchev–Trinajstić information content (AvgIpc) is 3.13. The summed E-state index contributed by atoms with van der Waals surface area (Å²) < 4.78 is 1.86. The fourth-order valence-corrected chi connectivity index (χ4v) is 2.57. The number of aromatic amines is 1. The van der Waals surface area contributed by atoms with Crippen LogP contribution >= 0.6 is 23.2 Å². The van der Waals surface area contributed by atoms with Gasteiger partial charge in [-0.1, -0.05) is 42.3 Å². The predicted molar refractivity (Wildman–Crippen MR) is 87.3 cm³/mol. The first kappa shape index (κ1) is 15.1. The van der Waals surface area contributed by atoms with Crippen LogP contribution in [-0.4, -0.2) is 25.0 Å². The molecule has 0 aliphatic heterocycles. The van der Waals surface area contributed by atoms with Crippen molar-refractivity contribution < 1.29 is 0 Å². The molecule has 3 rings (SSSR count). The van der Waals surface area contributed by atoms with E-state index in [1.54, 1.807) is 6.20 Å². The summed E-state index contributed by atoms with van der Waals surface area (Å²) in [7, 11) is 0. The molecule has 22 heavy (non-hydrogen) atoms. The van der Waals surface area contributed by atoms with Gasteiger partial charge in [-0.2, -0.15) is 10.2 Å². The molecular formula is C15H15Cl2N5. The summed E-state index contributed by atoms with van der Waals surface area (Å²) in [5.41, 5.74) is 1.77. The maximum atomic E-state index is 6.18. The van der Waals surface area contributed by atoms with Gasteiger partial charge >= 0.3 is 0 Å². The van der Waals surface area contributed by atoms with Crippen LogP contribution < -0.4 is 0 Å². The molecule has 7 heteroatoms. The Hall–Kier alpha value is -1.85. The number of aryl methyl sites for hydroxylation is 1. The molecule has 114 valence electrons. The largest absolute Gasteiger partial charge is 0.273 e. The van der Waals surface area contributed by atoms with Gasteiger partial charge in [0.15, 0.2) is 11.6 Å². The third-order valence-corrected chi connectivity index (χ3v) is 4.07. The Labute approximate surface area is 138 Å². The molecule has 0 bridgehead atoms. The Bertz CT molecular complexity index is 776. The van der Waals surface area contributed by atoms with Gasteiger partial charge in [0.2, 0.25) is 0 Å². The van der Waals surface area contributed by atoms with Crippen LogP contribution in [0.15, 0.2) is 30.5 Å². The van der Waals surface area contributed by atoms with Gasteiger partial charge in [0.05, 0.1) is 17.3 Å². The van der Waals surface area contributed by atoms with Gasteiger partial charge in [-0.3, -0.25) is 5.10 Å². The standard InChI is InChI=1S/C15H15Cl2N5/c1-3-13-19-15(14-12(17)8-18-20-14)22(21-13)9(2)10-4-6-11(16)7-5-10/h4-9H,3H2,1-2H3,(H,18,20). The normalized spacial score (nSPS) is 12.5. The molecule has 0 radical (unpaired) electrons. The summed E-state index contributed by atoms with van der Waals surface area (Å²) in [6.45, 7) is 4.08. The van der Waals surface area contributed by atoms with Crippen molar-refractivity contribution in [1.29, 1.82) is 0 Å². The second-order valence-corrected chi connectivity index (χ2v) is 5.81. The first-order chi connectivity index (χ1) is 10.6. The molecule has 1 atom stereocenters. The first-order valence-electron chi connectivity index (χ1n) is 7.00. The lowest BCUT2D eigenvalue weighted by molar-refractivity contribution is 0.563. The van der Waals surface area contributed by atoms with E-state index in [4.69, 9.17) is 23.2 Å². The quantitative estimate of drug-likeness (QED) is 0.779. The highest BCUT2D eigenvalue weighted by Gasteiger charge is 2.20. The van der Waals surface area contributed by atoms with Crippen LogP contribution in [0, 0.1) is 0 Å². The molecule has 0 saturated heterocycles. The van der Waals surface area contributed by atoms with E-state index in [1.807, 2.05) is 35.9 Å². The summed E-state index contributed by atoms with van der Waals surface area (Å²) >= 11 is 12.1. The van der Waals surface area contributed by atoms with Gasteiger partial charge < -0.3 is 0 Å². The molecule has 0 saturated carbocycles. The lowest BCUT2D eigenvalue weighted by Crippen LogP contribution is -2.11. The lowest BCUT2D eigenvalue weighted by atomic mass is 10.1. The van der Waals surface area contributed by atoms with Gasteiger partial charge in [-0.05, 0) is 24.6 Å². The van der Waals surface area contributed by atoms with Crippen molar-refractivity contribution in [3.8, 4) is 11.5 Å². The molecule has 0 amide bonds. The highest BCUT2D eigenvalue weighted by atomic mass is 35.5. The van der Waals surface area contributed by atoms with Crippen molar-refractivity contribution in [3.63, 3.8) is 0 Å². The zero-order valence-corrected chi connectivity index (χ0v) is 13.7. The number of aromatic nitrogens is 5. The molecule has 0 fully saturated rings. The number of H-pyrrole nitrogens is 1. The molecule has 0 aliphatic carbocycles. The van der Waals surface area contributed by atoms with Crippen LogP contribution in [0.2, 0.25) is 10.0 Å². The van der Waals surface area contributed by atoms with Crippen LogP contribution in [0.25, 0.3) is 11.5 Å². The molecular weight excluding hydrogens is 321 g/mol. The van der Waals surface area contributed by atoms with E-state index in [0.29, 0.717) is 21.6 Å². The van der Waals surface area contributed by atoms with E-state index in [9.17, 15) is 0 Å². The van der Waals surface area contributed by atoms with E-state index in [-0.39, 0.29) is 6.04 Å². The van der Waals surface area contributed by atoms with Crippen molar-refractivity contribution in [2.75, 3.05) is 0 Å². The Morgan fingerprint density at radius 3 is 2.55 bits per heavy atom. The number of nitrogens with one attached hydrogen (secondary N) is 1. The van der Waals surface area contributed by atoms with Crippen molar-refractivity contribution >= 4 is 23.2 Å². The highest BCUT2D eigenvalue weighted by Crippen LogP contribution is 2.28. The van der Waals surface area contributed by atoms with E-state index in [1.165, 1.54) is 0 Å². The van der Waals surface area contributed by atoms with Crippen molar-refractivity contribution in [1.82, 2.24) is 25.0 Å². The second-order valence-electron chi connectivity index (χ2n) is 4.97. The van der Waals surface area contributed by atoms with Crippen molar-refractivity contribution in [2.24, 2.45) is 0 Å². The zero-order chi connectivity index (χ0) is 15.7. The van der Waals surface area contributed by atoms with Gasteiger partial charge in [0, 0.05) is 11.4 Å². The molecule has 1 unspecified atom stereocenters. The molecule has 2 heterocycles. The third-order valence-electron chi connectivity index (χ3n) is 3.53. The predicted octanol–water partition coefficient (Wildman–Crippen LogP) is 4.15. The number of halogens is 2. The molecule has 0 aliphatic rings. The minimum atomic E-state index is -0.000525. The first-order valence-corrected chi connectivity index (χ1v) is 7.76. The van der Waals surface area contributed by atoms with Gasteiger partial charge in [-0.15, -0.1) is 0 Å². The molecule has 2 aromatic heterocycles. The van der Waals surface area contributed by atoms with Gasteiger partial charge in [-0.25, -0.2) is 9.67 Å². The second kappa shape index (κ2) is 6.10. The topological polar surface area (TPSA) is 59.4 Å². The number of hydrogen-bond acceptors (Lipinski definition) is 3. The van der Waals surface area contributed by atoms with Crippen LogP contribution in [0.1, 0.15) is 31.3 Å². The minimum Gasteiger partial charge on any atom is -0.273 e. The Morgan fingerprint density at radius 2 is 1.95 bits per heavy atom. The smallest absolute Gasteiger partial charge is 0.178 e. The fourth-order valence-electron chi connectivity index (χ4n) is 2.27. The van der Waals surface area contributed by atoms with E-state index in [2.05, 4.69) is 27.2 Å². The third kappa shape index (κ3) is 2.74. The van der Waals surface area contributed by atoms with Crippen LogP contribution in [0.5, 0.6) is 0 Å². The number of hydrogen-bond donors (Lipinski definition) is 1. The van der Waals surface area contributed by atoms with Gasteiger partial charge in [0.1, 0.15) is 5.69 Å². The number of benzene rings is 1. The fraction of sp³-hybridized carbons (Fsp3) is 0.267. The lowest BCUT2D eigenvalue weighted by Gasteiger charge is -2.14. The summed E-state index contributed by atoms with van der Waals surface area (Å²) in [5.74, 6) is 1.45. The Balaban J connectivity index is 2.08. The molecule has 5 nitrogen and oxygen atoms in total.